The molecule has 0 unspecified atom stereocenters. The van der Waals surface area contributed by atoms with Crippen molar-refractivity contribution >= 4 is 44.3 Å². The van der Waals surface area contributed by atoms with Crippen LogP contribution in [0.5, 0.6) is 0 Å². The third-order valence-corrected chi connectivity index (χ3v) is 7.59. The molecule has 1 amide bonds. The summed E-state index contributed by atoms with van der Waals surface area (Å²) in [5.74, 6) is -0.209. The van der Waals surface area contributed by atoms with E-state index in [1.165, 1.54) is 16.5 Å². The highest BCUT2D eigenvalue weighted by atomic mass is 79.9. The van der Waals surface area contributed by atoms with E-state index in [1.807, 2.05) is 50.2 Å². The molecule has 2 aliphatic rings. The normalized spacial score (nSPS) is 20.4. The van der Waals surface area contributed by atoms with Gasteiger partial charge in [-0.2, -0.15) is 0 Å². The van der Waals surface area contributed by atoms with Crippen molar-refractivity contribution in [3.05, 3.63) is 40.0 Å². The third-order valence-electron chi connectivity index (χ3n) is 6.69. The lowest BCUT2D eigenvalue weighted by Crippen LogP contribution is -2.47. The molecule has 0 saturated heterocycles. The Hall–Kier alpha value is -2.12. The van der Waals surface area contributed by atoms with Gasteiger partial charge in [-0.1, -0.05) is 18.2 Å². The highest BCUT2D eigenvalue weighted by Crippen LogP contribution is 2.45. The summed E-state index contributed by atoms with van der Waals surface area (Å²) in [5.41, 5.74) is 4.08. The lowest BCUT2D eigenvalue weighted by atomic mass is 9.79. The Morgan fingerprint density at radius 2 is 1.91 bits per heavy atom. The minimum absolute atomic E-state index is 0.148. The molecule has 0 bridgehead atoms. The first-order chi connectivity index (χ1) is 15.6. The molecule has 2 heterocycles. The summed E-state index contributed by atoms with van der Waals surface area (Å²) in [6.07, 6.45) is 3.03. The number of carbonyl (C=O) groups excluding carboxylic acids is 2. The zero-order valence-electron chi connectivity index (χ0n) is 20.4. The van der Waals surface area contributed by atoms with Gasteiger partial charge in [-0.15, -0.1) is 0 Å². The Bertz CT molecular complexity index is 1120. The topological polar surface area (TPSA) is 54.8 Å². The molecule has 0 N–H and O–H groups in total. The van der Waals surface area contributed by atoms with Gasteiger partial charge in [0.15, 0.2) is 0 Å². The van der Waals surface area contributed by atoms with Crippen LogP contribution in [0.3, 0.4) is 0 Å². The summed E-state index contributed by atoms with van der Waals surface area (Å²) in [6.45, 7) is 12.0. The van der Waals surface area contributed by atoms with Gasteiger partial charge in [0, 0.05) is 31.1 Å². The smallest absolute Gasteiger partial charge is 0.326 e. The number of carbonyl (C=O) groups is 2. The zero-order valence-corrected chi connectivity index (χ0v) is 22.0. The van der Waals surface area contributed by atoms with E-state index >= 15 is 0 Å². The number of hydrogen-bond acceptors (Lipinski definition) is 4. The molecule has 1 aliphatic carbocycles. The van der Waals surface area contributed by atoms with E-state index < -0.39 is 5.60 Å². The molecule has 0 radical (unpaired) electrons. The van der Waals surface area contributed by atoms with Crippen LogP contribution in [0.4, 0.5) is 0 Å². The second-order valence-electron chi connectivity index (χ2n) is 10.0. The molecule has 4 rings (SSSR count). The number of nitrogens with zero attached hydrogens (tertiary/aromatic N) is 3. The number of esters is 1. The van der Waals surface area contributed by atoms with E-state index in [4.69, 9.17) is 4.74 Å². The Morgan fingerprint density at radius 1 is 1.21 bits per heavy atom. The monoisotopic (exact) mass is 515 g/mol. The van der Waals surface area contributed by atoms with Gasteiger partial charge in [0.2, 0.25) is 5.91 Å². The molecule has 2 aromatic rings. The summed E-state index contributed by atoms with van der Waals surface area (Å²) >= 11 is 3.80. The lowest BCUT2D eigenvalue weighted by Gasteiger charge is -2.40. The fourth-order valence-electron chi connectivity index (χ4n) is 5.24. The van der Waals surface area contributed by atoms with Crippen molar-refractivity contribution in [1.82, 2.24) is 14.4 Å². The van der Waals surface area contributed by atoms with Crippen LogP contribution in [-0.4, -0.2) is 64.6 Å². The SMILES string of the molecule is CCN(CC)C(=O)[C@@H]1C=C2c3cccc4c3c(c(Br)n4CC(=O)OC(C)(C)C)C[C@H]2N(C)C1. The van der Waals surface area contributed by atoms with Gasteiger partial charge in [-0.3, -0.25) is 14.5 Å². The number of amides is 1. The van der Waals surface area contributed by atoms with Gasteiger partial charge in [0.1, 0.15) is 12.1 Å². The zero-order chi connectivity index (χ0) is 24.1. The van der Waals surface area contributed by atoms with Crippen molar-refractivity contribution in [1.29, 1.82) is 0 Å². The van der Waals surface area contributed by atoms with Gasteiger partial charge in [-0.05, 0) is 86.8 Å². The fourth-order valence-corrected chi connectivity index (χ4v) is 5.92. The summed E-state index contributed by atoms with van der Waals surface area (Å²) in [4.78, 5) is 30.0. The molecular formula is C26H34BrN3O3. The number of fused-ring (bicyclic) bond motifs is 2. The van der Waals surface area contributed by atoms with Crippen LogP contribution in [0.15, 0.2) is 28.9 Å². The van der Waals surface area contributed by atoms with Crippen LogP contribution in [-0.2, 0) is 27.3 Å². The van der Waals surface area contributed by atoms with Crippen LogP contribution in [0.25, 0.3) is 16.5 Å². The molecular weight excluding hydrogens is 482 g/mol. The Balaban J connectivity index is 1.78. The highest BCUT2D eigenvalue weighted by Gasteiger charge is 2.38. The fraction of sp³-hybridized carbons (Fsp3) is 0.538. The summed E-state index contributed by atoms with van der Waals surface area (Å²) < 4.78 is 8.54. The molecule has 6 nitrogen and oxygen atoms in total. The van der Waals surface area contributed by atoms with Crippen LogP contribution in [0.1, 0.15) is 45.7 Å². The molecule has 33 heavy (non-hydrogen) atoms. The van der Waals surface area contributed by atoms with Crippen LogP contribution in [0, 0.1) is 5.92 Å². The average Bonchev–Trinajstić information content (AvgIpc) is 3.01. The molecule has 7 heteroatoms. The van der Waals surface area contributed by atoms with E-state index in [0.717, 1.165) is 35.2 Å². The van der Waals surface area contributed by atoms with Crippen LogP contribution < -0.4 is 0 Å². The third kappa shape index (κ3) is 4.37. The van der Waals surface area contributed by atoms with Crippen molar-refractivity contribution in [2.45, 2.75) is 59.2 Å². The van der Waals surface area contributed by atoms with Gasteiger partial charge < -0.3 is 14.2 Å². The van der Waals surface area contributed by atoms with E-state index in [2.05, 4.69) is 46.1 Å². The Kier molecular flexibility index (Phi) is 6.49. The number of benzene rings is 1. The molecule has 0 spiro atoms. The van der Waals surface area contributed by atoms with E-state index in [9.17, 15) is 9.59 Å². The first-order valence-electron chi connectivity index (χ1n) is 11.8. The summed E-state index contributed by atoms with van der Waals surface area (Å²) in [5, 5.41) is 1.17. The first-order valence-corrected chi connectivity index (χ1v) is 12.6. The van der Waals surface area contributed by atoms with Crippen molar-refractivity contribution in [3.8, 4) is 0 Å². The van der Waals surface area contributed by atoms with Crippen LogP contribution in [0.2, 0.25) is 0 Å². The van der Waals surface area contributed by atoms with Gasteiger partial charge in [-0.25, -0.2) is 0 Å². The van der Waals surface area contributed by atoms with Crippen molar-refractivity contribution in [2.75, 3.05) is 26.7 Å². The Morgan fingerprint density at radius 3 is 2.55 bits per heavy atom. The van der Waals surface area contributed by atoms with Gasteiger partial charge >= 0.3 is 5.97 Å². The molecule has 0 fully saturated rings. The molecule has 1 aromatic heterocycles. The molecule has 2 atom stereocenters. The van der Waals surface area contributed by atoms with Crippen molar-refractivity contribution in [3.63, 3.8) is 0 Å². The van der Waals surface area contributed by atoms with E-state index in [-0.39, 0.29) is 30.4 Å². The molecule has 178 valence electrons. The van der Waals surface area contributed by atoms with Gasteiger partial charge in [0.05, 0.1) is 16.0 Å². The largest absolute Gasteiger partial charge is 0.459 e. The number of ether oxygens (including phenoxy) is 1. The average molecular weight is 516 g/mol. The number of hydrogen-bond donors (Lipinski definition) is 0. The Labute approximate surface area is 204 Å². The number of likely N-dealkylation sites (N-methyl/N-ethyl adjacent to an activating group) is 1. The minimum atomic E-state index is -0.524. The summed E-state index contributed by atoms with van der Waals surface area (Å²) in [6, 6.07) is 6.45. The first kappa shape index (κ1) is 24.0. The maximum absolute atomic E-state index is 13.2. The van der Waals surface area contributed by atoms with Crippen molar-refractivity contribution < 1.29 is 14.3 Å². The van der Waals surface area contributed by atoms with E-state index in [1.54, 1.807) is 0 Å². The second-order valence-corrected chi connectivity index (χ2v) is 10.8. The molecule has 1 aromatic carbocycles. The predicted octanol–water partition coefficient (Wildman–Crippen LogP) is 4.48. The predicted molar refractivity (Wildman–Crippen MR) is 135 cm³/mol. The number of aromatic nitrogens is 1. The maximum atomic E-state index is 13.2. The quantitative estimate of drug-likeness (QED) is 0.550. The number of rotatable bonds is 5. The van der Waals surface area contributed by atoms with Crippen LogP contribution >= 0.6 is 15.9 Å². The lowest BCUT2D eigenvalue weighted by molar-refractivity contribution is -0.155. The van der Waals surface area contributed by atoms with Gasteiger partial charge in [0.25, 0.3) is 0 Å². The number of halogens is 1. The second kappa shape index (κ2) is 8.91. The molecule has 1 aliphatic heterocycles. The maximum Gasteiger partial charge on any atom is 0.326 e. The molecule has 0 saturated carbocycles. The van der Waals surface area contributed by atoms with E-state index in [0.29, 0.717) is 6.54 Å². The summed E-state index contributed by atoms with van der Waals surface area (Å²) in [7, 11) is 2.11. The minimum Gasteiger partial charge on any atom is -0.459 e. The highest BCUT2D eigenvalue weighted by molar-refractivity contribution is 9.10. The van der Waals surface area contributed by atoms with Crippen molar-refractivity contribution in [2.24, 2.45) is 5.92 Å². The standard InChI is InChI=1S/C26H34BrN3O3/c1-7-29(8-2)25(32)16-12-18-17-10-9-11-20-23(17)19(13-21(18)28(6)14-16)24(27)30(20)15-22(31)33-26(3,4)5/h9-12,16,21H,7-8,13-15H2,1-6H3/t16-,21-/m1/s1.